The van der Waals surface area contributed by atoms with Crippen molar-refractivity contribution in [2.45, 2.75) is 44.8 Å². The zero-order chi connectivity index (χ0) is 24.7. The van der Waals surface area contributed by atoms with Crippen molar-refractivity contribution in [1.29, 1.82) is 0 Å². The number of thiophene rings is 1. The maximum absolute atomic E-state index is 13.1. The zero-order valence-corrected chi connectivity index (χ0v) is 20.6. The van der Waals surface area contributed by atoms with Crippen LogP contribution in [0, 0.1) is 12.8 Å². The second-order valence-electron chi connectivity index (χ2n) is 9.23. The Hall–Kier alpha value is -3.07. The predicted octanol–water partition coefficient (Wildman–Crippen LogP) is 6.86. The van der Waals surface area contributed by atoms with Gasteiger partial charge in [-0.3, -0.25) is 4.68 Å². The van der Waals surface area contributed by atoms with E-state index in [0.29, 0.717) is 17.7 Å². The quantitative estimate of drug-likeness (QED) is 0.314. The van der Waals surface area contributed by atoms with Gasteiger partial charge in [0.2, 0.25) is 0 Å². The highest BCUT2D eigenvalue weighted by Gasteiger charge is 2.35. The van der Waals surface area contributed by atoms with Gasteiger partial charge < -0.3 is 10.1 Å². The fourth-order valence-electron chi connectivity index (χ4n) is 4.94. The van der Waals surface area contributed by atoms with E-state index >= 15 is 0 Å². The molecule has 9 heteroatoms. The summed E-state index contributed by atoms with van der Waals surface area (Å²) in [6, 6.07) is 13.4. The molecule has 0 saturated heterocycles. The third kappa shape index (κ3) is 5.00. The summed E-state index contributed by atoms with van der Waals surface area (Å²) >= 11 is 1.53. The van der Waals surface area contributed by atoms with Crippen LogP contribution in [0.2, 0.25) is 0 Å². The molecule has 0 spiro atoms. The highest BCUT2D eigenvalue weighted by atomic mass is 32.1. The first-order valence-electron chi connectivity index (χ1n) is 11.6. The molecule has 3 aromatic heterocycles. The summed E-state index contributed by atoms with van der Waals surface area (Å²) in [4.78, 5) is 6.74. The molecular weight excluding hydrogens is 473 g/mol. The van der Waals surface area contributed by atoms with Crippen LogP contribution in [-0.4, -0.2) is 27.9 Å². The topological polar surface area (TPSA) is 52.0 Å². The summed E-state index contributed by atoms with van der Waals surface area (Å²) in [5.74, 6) is 2.24. The van der Waals surface area contributed by atoms with E-state index in [1.165, 1.54) is 23.3 Å². The zero-order valence-electron chi connectivity index (χ0n) is 19.8. The number of fused-ring (bicyclic) bond motifs is 1. The molecule has 1 aliphatic carbocycles. The SMILES string of the molecule is COc1ccc2nc(N[C@H]3CC[C@H](Cc4ccc(-c5cc(C(F)(F)F)n(C)n5)s4)C3)cc(C)c2c1. The van der Waals surface area contributed by atoms with Crippen molar-refractivity contribution >= 4 is 28.1 Å². The van der Waals surface area contributed by atoms with E-state index in [9.17, 15) is 13.2 Å². The highest BCUT2D eigenvalue weighted by molar-refractivity contribution is 7.15. The minimum Gasteiger partial charge on any atom is -0.497 e. The number of aryl methyl sites for hydroxylation is 2. The lowest BCUT2D eigenvalue weighted by molar-refractivity contribution is -0.143. The highest BCUT2D eigenvalue weighted by Crippen LogP contribution is 2.37. The number of ether oxygens (including phenoxy) is 1. The summed E-state index contributed by atoms with van der Waals surface area (Å²) < 4.78 is 45.5. The second kappa shape index (κ2) is 9.18. The summed E-state index contributed by atoms with van der Waals surface area (Å²) in [7, 11) is 2.99. The van der Waals surface area contributed by atoms with Crippen LogP contribution in [0.4, 0.5) is 19.0 Å². The molecule has 0 radical (unpaired) electrons. The van der Waals surface area contributed by atoms with Crippen LogP contribution < -0.4 is 10.1 Å². The molecule has 0 unspecified atom stereocenters. The molecule has 1 aromatic carbocycles. The molecule has 184 valence electrons. The number of hydrogen-bond donors (Lipinski definition) is 1. The number of anilines is 1. The van der Waals surface area contributed by atoms with Crippen molar-refractivity contribution in [1.82, 2.24) is 14.8 Å². The van der Waals surface area contributed by atoms with Gasteiger partial charge >= 0.3 is 6.18 Å². The fourth-order valence-corrected chi connectivity index (χ4v) is 6.02. The Morgan fingerprint density at radius 1 is 1.14 bits per heavy atom. The van der Waals surface area contributed by atoms with Gasteiger partial charge in [0.1, 0.15) is 23.0 Å². The Labute approximate surface area is 205 Å². The van der Waals surface area contributed by atoms with Gasteiger partial charge in [-0.2, -0.15) is 18.3 Å². The summed E-state index contributed by atoms with van der Waals surface area (Å²) in [6.45, 7) is 2.08. The number of nitrogens with zero attached hydrogens (tertiary/aromatic N) is 3. The van der Waals surface area contributed by atoms with Gasteiger partial charge in [-0.25, -0.2) is 4.98 Å². The van der Waals surface area contributed by atoms with Gasteiger partial charge in [0.05, 0.1) is 17.5 Å². The van der Waals surface area contributed by atoms with Gasteiger partial charge in [0, 0.05) is 23.4 Å². The molecule has 5 rings (SSSR count). The standard InChI is InChI=1S/C26H27F3N4OS/c1-15-10-25(31-21-8-6-18(34-3)13-20(15)21)30-17-5-4-16(11-17)12-19-7-9-23(35-19)22-14-24(26(27,28)29)33(2)32-22/h6-10,13-14,16-17H,4-5,11-12H2,1-3H3,(H,30,31)/t16-,17-/m0/s1. The molecule has 1 saturated carbocycles. The molecule has 5 nitrogen and oxygen atoms in total. The third-order valence-electron chi connectivity index (χ3n) is 6.69. The maximum atomic E-state index is 13.1. The normalized spacial score (nSPS) is 18.3. The Bertz CT molecular complexity index is 1360. The lowest BCUT2D eigenvalue weighted by Gasteiger charge is -2.15. The van der Waals surface area contributed by atoms with Crippen LogP contribution in [0.3, 0.4) is 0 Å². The van der Waals surface area contributed by atoms with Crippen molar-refractivity contribution in [2.75, 3.05) is 12.4 Å². The minimum atomic E-state index is -4.41. The van der Waals surface area contributed by atoms with E-state index in [1.807, 2.05) is 30.3 Å². The van der Waals surface area contributed by atoms with Crippen molar-refractivity contribution in [2.24, 2.45) is 13.0 Å². The number of aromatic nitrogens is 3. The fraction of sp³-hybridized carbons (Fsp3) is 0.385. The van der Waals surface area contributed by atoms with E-state index in [4.69, 9.17) is 9.72 Å². The number of pyridine rings is 1. The van der Waals surface area contributed by atoms with Gasteiger partial charge in [0.15, 0.2) is 0 Å². The first kappa shape index (κ1) is 23.7. The van der Waals surface area contributed by atoms with Crippen molar-refractivity contribution in [3.8, 4) is 16.3 Å². The predicted molar refractivity (Wildman–Crippen MR) is 133 cm³/mol. The van der Waals surface area contributed by atoms with E-state index in [1.54, 1.807) is 7.11 Å². The molecule has 4 aromatic rings. The largest absolute Gasteiger partial charge is 0.497 e. The van der Waals surface area contributed by atoms with Crippen LogP contribution >= 0.6 is 11.3 Å². The monoisotopic (exact) mass is 500 g/mol. The summed E-state index contributed by atoms with van der Waals surface area (Å²) in [6.07, 6.45) is -0.268. The number of halogens is 3. The number of rotatable bonds is 6. The third-order valence-corrected chi connectivity index (χ3v) is 7.82. The second-order valence-corrected chi connectivity index (χ2v) is 10.4. The van der Waals surface area contributed by atoms with E-state index in [2.05, 4.69) is 23.4 Å². The van der Waals surface area contributed by atoms with Crippen molar-refractivity contribution in [3.05, 3.63) is 58.6 Å². The average molecular weight is 501 g/mol. The van der Waals surface area contributed by atoms with Gasteiger partial charge in [-0.15, -0.1) is 11.3 Å². The summed E-state index contributed by atoms with van der Waals surface area (Å²) in [5.41, 5.74) is 1.73. The number of alkyl halides is 3. The molecular formula is C26H27F3N4OS. The van der Waals surface area contributed by atoms with Crippen LogP contribution in [-0.2, 0) is 19.6 Å². The molecule has 3 heterocycles. The Morgan fingerprint density at radius 3 is 2.71 bits per heavy atom. The Morgan fingerprint density at radius 2 is 1.97 bits per heavy atom. The van der Waals surface area contributed by atoms with E-state index < -0.39 is 11.9 Å². The lowest BCUT2D eigenvalue weighted by atomic mass is 10.0. The van der Waals surface area contributed by atoms with Crippen molar-refractivity contribution < 1.29 is 17.9 Å². The molecule has 1 aliphatic rings. The van der Waals surface area contributed by atoms with Crippen LogP contribution in [0.15, 0.2) is 42.5 Å². The first-order chi connectivity index (χ1) is 16.7. The first-order valence-corrected chi connectivity index (χ1v) is 12.4. The Balaban J connectivity index is 1.22. The lowest BCUT2D eigenvalue weighted by Crippen LogP contribution is -2.17. The smallest absolute Gasteiger partial charge is 0.433 e. The Kier molecular flexibility index (Phi) is 6.21. The molecule has 0 aliphatic heterocycles. The average Bonchev–Trinajstić information content (AvgIpc) is 3.54. The van der Waals surface area contributed by atoms with Crippen LogP contribution in [0.25, 0.3) is 21.5 Å². The molecule has 0 amide bonds. The number of hydrogen-bond acceptors (Lipinski definition) is 5. The van der Waals surface area contributed by atoms with Crippen LogP contribution in [0.1, 0.15) is 35.4 Å². The number of methoxy groups -OCH3 is 1. The van der Waals surface area contributed by atoms with Gasteiger partial charge in [-0.05, 0) is 86.6 Å². The molecule has 1 fully saturated rings. The van der Waals surface area contributed by atoms with Crippen LogP contribution in [0.5, 0.6) is 5.75 Å². The molecule has 0 bridgehead atoms. The number of benzene rings is 1. The summed E-state index contributed by atoms with van der Waals surface area (Å²) in [5, 5.41) is 8.77. The van der Waals surface area contributed by atoms with Gasteiger partial charge in [0.25, 0.3) is 0 Å². The van der Waals surface area contributed by atoms with E-state index in [-0.39, 0.29) is 0 Å². The maximum Gasteiger partial charge on any atom is 0.433 e. The van der Waals surface area contributed by atoms with Gasteiger partial charge in [-0.1, -0.05) is 0 Å². The minimum absolute atomic E-state index is 0.354. The van der Waals surface area contributed by atoms with E-state index in [0.717, 1.165) is 69.3 Å². The number of nitrogens with one attached hydrogen (secondary N) is 1. The van der Waals surface area contributed by atoms with Crippen molar-refractivity contribution in [3.63, 3.8) is 0 Å². The molecule has 1 N–H and O–H groups in total. The molecule has 35 heavy (non-hydrogen) atoms. The molecule has 2 atom stereocenters.